The largest absolute Gasteiger partial charge is 0.453 e. The Morgan fingerprint density at radius 1 is 1.11 bits per heavy atom. The van der Waals surface area contributed by atoms with Crippen LogP contribution in [0.3, 0.4) is 0 Å². The average molecular weight is 387 g/mol. The minimum absolute atomic E-state index is 0.0355. The van der Waals surface area contributed by atoms with Crippen LogP contribution in [0.2, 0.25) is 0 Å². The molecule has 1 aromatic heterocycles. The first-order valence-corrected chi connectivity index (χ1v) is 9.29. The Labute approximate surface area is 161 Å². The lowest BCUT2D eigenvalue weighted by molar-refractivity contribution is -0.153. The summed E-state index contributed by atoms with van der Waals surface area (Å²) in [5.74, 6) is -1.36. The van der Waals surface area contributed by atoms with Gasteiger partial charge in [-0.05, 0) is 45.0 Å². The topological polar surface area (TPSA) is 89.5 Å². The number of carbonyl (C=O) groups is 4. The predicted octanol–water partition coefficient (Wildman–Crippen LogP) is 3.79. The minimum Gasteiger partial charge on any atom is -0.453 e. The van der Waals surface area contributed by atoms with Gasteiger partial charge in [-0.1, -0.05) is 12.1 Å². The number of esters is 1. The number of nitrogens with one attached hydrogen (secondary N) is 1. The van der Waals surface area contributed by atoms with Crippen LogP contribution in [0.15, 0.2) is 36.4 Å². The highest BCUT2D eigenvalue weighted by Gasteiger charge is 2.19. The number of Topliss-reactive ketones (excluding diaryl/α,β-unsaturated/α-hetero) is 2. The first kappa shape index (κ1) is 20.5. The third kappa shape index (κ3) is 6.14. The van der Waals surface area contributed by atoms with Gasteiger partial charge in [-0.25, -0.2) is 0 Å². The van der Waals surface area contributed by atoms with Crippen molar-refractivity contribution in [1.29, 1.82) is 0 Å². The molecule has 0 aliphatic heterocycles. The van der Waals surface area contributed by atoms with Gasteiger partial charge in [0.1, 0.15) is 0 Å². The molecule has 6 nitrogen and oxygen atoms in total. The van der Waals surface area contributed by atoms with Crippen LogP contribution >= 0.6 is 11.3 Å². The third-order valence-electron chi connectivity index (χ3n) is 3.79. The fraction of sp³-hybridized carbons (Fsp3) is 0.300. The van der Waals surface area contributed by atoms with E-state index in [-0.39, 0.29) is 24.4 Å². The van der Waals surface area contributed by atoms with Crippen molar-refractivity contribution in [3.05, 3.63) is 51.7 Å². The molecule has 0 aliphatic rings. The molecule has 2 rings (SSSR count). The van der Waals surface area contributed by atoms with Gasteiger partial charge >= 0.3 is 5.97 Å². The van der Waals surface area contributed by atoms with Crippen LogP contribution in [0.25, 0.3) is 0 Å². The number of rotatable bonds is 8. The van der Waals surface area contributed by atoms with Gasteiger partial charge in [0.05, 0.1) is 11.3 Å². The maximum absolute atomic E-state index is 12.2. The van der Waals surface area contributed by atoms with Crippen LogP contribution in [-0.2, 0) is 14.3 Å². The molecule has 1 unspecified atom stereocenters. The number of aryl methyl sites for hydroxylation is 1. The number of amides is 1. The second-order valence-electron chi connectivity index (χ2n) is 6.09. The molecule has 0 radical (unpaired) electrons. The van der Waals surface area contributed by atoms with E-state index in [1.54, 1.807) is 30.3 Å². The summed E-state index contributed by atoms with van der Waals surface area (Å²) in [6, 6.07) is 10.1. The van der Waals surface area contributed by atoms with Gasteiger partial charge in [0.15, 0.2) is 17.7 Å². The van der Waals surface area contributed by atoms with Gasteiger partial charge in [0.25, 0.3) is 5.91 Å². The summed E-state index contributed by atoms with van der Waals surface area (Å²) in [5.41, 5.74) is 0.915. The van der Waals surface area contributed by atoms with E-state index >= 15 is 0 Å². The molecular formula is C20H21NO5S. The number of hydrogen-bond donors (Lipinski definition) is 1. The van der Waals surface area contributed by atoms with Crippen LogP contribution in [0.4, 0.5) is 5.69 Å². The van der Waals surface area contributed by atoms with E-state index in [1.807, 2.05) is 13.0 Å². The second kappa shape index (κ2) is 9.23. The van der Waals surface area contributed by atoms with Gasteiger partial charge in [0, 0.05) is 22.5 Å². The molecule has 0 spiro atoms. The fourth-order valence-corrected chi connectivity index (χ4v) is 3.13. The zero-order chi connectivity index (χ0) is 20.0. The molecule has 27 heavy (non-hydrogen) atoms. The minimum atomic E-state index is -1.02. The molecule has 0 saturated carbocycles. The zero-order valence-electron chi connectivity index (χ0n) is 15.4. The van der Waals surface area contributed by atoms with E-state index in [0.717, 1.165) is 4.88 Å². The van der Waals surface area contributed by atoms with Crippen molar-refractivity contribution >= 4 is 40.5 Å². The molecule has 1 aromatic carbocycles. The quantitative estimate of drug-likeness (QED) is 0.550. The molecular weight excluding hydrogens is 366 g/mol. The standard InChI is InChI=1S/C20H21NO5S/c1-12-7-9-18(27-12)17(23)8-10-19(24)26-14(3)20(25)21-16-6-4-5-15(11-16)13(2)22/h4-7,9,11,14H,8,10H2,1-3H3,(H,21,25). The van der Waals surface area contributed by atoms with Crippen molar-refractivity contribution in [2.45, 2.75) is 39.7 Å². The summed E-state index contributed by atoms with van der Waals surface area (Å²) in [6.45, 7) is 4.79. The summed E-state index contributed by atoms with van der Waals surface area (Å²) in [5, 5.41) is 2.60. The van der Waals surface area contributed by atoms with Gasteiger partial charge in [-0.3, -0.25) is 19.2 Å². The molecule has 1 N–H and O–H groups in total. The smallest absolute Gasteiger partial charge is 0.307 e. The Morgan fingerprint density at radius 2 is 1.85 bits per heavy atom. The molecule has 0 saturated heterocycles. The lowest BCUT2D eigenvalue weighted by atomic mass is 10.1. The van der Waals surface area contributed by atoms with Gasteiger partial charge in [-0.15, -0.1) is 11.3 Å². The Kier molecular flexibility index (Phi) is 7.01. The Bertz CT molecular complexity index is 871. The number of ether oxygens (including phenoxy) is 1. The summed E-state index contributed by atoms with van der Waals surface area (Å²) >= 11 is 1.38. The molecule has 1 atom stereocenters. The van der Waals surface area contributed by atoms with Crippen LogP contribution in [0.5, 0.6) is 0 Å². The number of carbonyl (C=O) groups excluding carboxylic acids is 4. The lowest BCUT2D eigenvalue weighted by Crippen LogP contribution is -2.30. The third-order valence-corrected chi connectivity index (χ3v) is 4.83. The maximum Gasteiger partial charge on any atom is 0.307 e. The van der Waals surface area contributed by atoms with Gasteiger partial charge < -0.3 is 10.1 Å². The van der Waals surface area contributed by atoms with Crippen molar-refractivity contribution in [2.75, 3.05) is 5.32 Å². The van der Waals surface area contributed by atoms with E-state index in [4.69, 9.17) is 4.74 Å². The van der Waals surface area contributed by atoms with Crippen LogP contribution < -0.4 is 5.32 Å². The van der Waals surface area contributed by atoms with E-state index in [0.29, 0.717) is 16.1 Å². The van der Waals surface area contributed by atoms with Crippen molar-refractivity contribution in [3.63, 3.8) is 0 Å². The number of anilines is 1. The molecule has 1 amide bonds. The van der Waals surface area contributed by atoms with E-state index in [2.05, 4.69) is 5.32 Å². The SMILES string of the molecule is CC(=O)c1cccc(NC(=O)C(C)OC(=O)CCC(=O)c2ccc(C)s2)c1. The van der Waals surface area contributed by atoms with E-state index < -0.39 is 18.0 Å². The van der Waals surface area contributed by atoms with Gasteiger partial charge in [0.2, 0.25) is 0 Å². The van der Waals surface area contributed by atoms with Gasteiger partial charge in [-0.2, -0.15) is 0 Å². The molecule has 0 fully saturated rings. The zero-order valence-corrected chi connectivity index (χ0v) is 16.2. The first-order valence-electron chi connectivity index (χ1n) is 8.47. The molecule has 0 bridgehead atoms. The Hall–Kier alpha value is -2.80. The summed E-state index contributed by atoms with van der Waals surface area (Å²) in [7, 11) is 0. The Balaban J connectivity index is 1.82. The van der Waals surface area contributed by atoms with Crippen molar-refractivity contribution in [2.24, 2.45) is 0 Å². The number of thiophene rings is 1. The van der Waals surface area contributed by atoms with Crippen molar-refractivity contribution in [1.82, 2.24) is 0 Å². The molecule has 142 valence electrons. The number of benzene rings is 1. The summed E-state index contributed by atoms with van der Waals surface area (Å²) < 4.78 is 5.09. The van der Waals surface area contributed by atoms with Crippen LogP contribution in [0.1, 0.15) is 51.6 Å². The molecule has 0 aliphatic carbocycles. The highest BCUT2D eigenvalue weighted by atomic mass is 32.1. The molecule has 1 heterocycles. The number of hydrogen-bond acceptors (Lipinski definition) is 6. The lowest BCUT2D eigenvalue weighted by Gasteiger charge is -2.13. The highest BCUT2D eigenvalue weighted by molar-refractivity contribution is 7.14. The first-order chi connectivity index (χ1) is 12.8. The molecule has 2 aromatic rings. The van der Waals surface area contributed by atoms with Crippen LogP contribution in [-0.4, -0.2) is 29.5 Å². The monoisotopic (exact) mass is 387 g/mol. The Morgan fingerprint density at radius 3 is 2.48 bits per heavy atom. The second-order valence-corrected chi connectivity index (χ2v) is 7.38. The van der Waals surface area contributed by atoms with E-state index in [9.17, 15) is 19.2 Å². The van der Waals surface area contributed by atoms with E-state index in [1.165, 1.54) is 25.2 Å². The molecule has 7 heteroatoms. The number of ketones is 2. The summed E-state index contributed by atoms with van der Waals surface area (Å²) in [6.07, 6.45) is -1.07. The highest BCUT2D eigenvalue weighted by Crippen LogP contribution is 2.18. The maximum atomic E-state index is 12.2. The summed E-state index contributed by atoms with van der Waals surface area (Å²) in [4.78, 5) is 49.1. The average Bonchev–Trinajstić information content (AvgIpc) is 3.06. The van der Waals surface area contributed by atoms with Crippen LogP contribution in [0, 0.1) is 6.92 Å². The van der Waals surface area contributed by atoms with Crippen molar-refractivity contribution < 1.29 is 23.9 Å². The normalized spacial score (nSPS) is 11.5. The fourth-order valence-electron chi connectivity index (χ4n) is 2.29. The predicted molar refractivity (Wildman–Crippen MR) is 103 cm³/mol. The van der Waals surface area contributed by atoms with Crippen molar-refractivity contribution in [3.8, 4) is 0 Å².